The molecule has 0 spiro atoms. The molecule has 0 aliphatic rings. The Labute approximate surface area is 437 Å². The molecule has 0 aromatic heterocycles. The van der Waals surface area contributed by atoms with Crippen molar-refractivity contribution in [2.45, 2.75) is 332 Å². The molecule has 0 heterocycles. The van der Waals surface area contributed by atoms with Gasteiger partial charge in [-0.2, -0.15) is 0 Å². The van der Waals surface area contributed by atoms with Crippen LogP contribution in [0.2, 0.25) is 8.87 Å². The first-order valence-electron chi connectivity index (χ1n) is 29.5. The molecule has 0 aromatic rings. The zero-order valence-electron chi connectivity index (χ0n) is 45.9. The van der Waals surface area contributed by atoms with Crippen LogP contribution in [0.4, 0.5) is 0 Å². The minimum atomic E-state index is -1.48. The first kappa shape index (κ1) is 71.4. The van der Waals surface area contributed by atoms with Crippen LogP contribution in [0.25, 0.3) is 0 Å². The summed E-state index contributed by atoms with van der Waals surface area (Å²) < 4.78 is 3.33. The fourth-order valence-corrected chi connectivity index (χ4v) is 12.2. The molecule has 0 aliphatic carbocycles. The number of carbonyl (C=O) groups is 4. The van der Waals surface area contributed by atoms with E-state index in [0.717, 1.165) is 51.4 Å². The zero-order chi connectivity index (χ0) is 51.5. The second-order valence-electron chi connectivity index (χ2n) is 19.9. The van der Waals surface area contributed by atoms with Crippen LogP contribution in [0, 0.1) is 0 Å². The smallest absolute Gasteiger partial charge is 0.0654 e. The molecule has 0 unspecified atom stereocenters. The van der Waals surface area contributed by atoms with Crippen molar-refractivity contribution in [3.05, 3.63) is 23.3 Å². The van der Waals surface area contributed by atoms with Crippen LogP contribution >= 0.6 is 0 Å². The first-order valence-corrected chi connectivity index (χ1v) is 33.6. The molecule has 0 aliphatic heterocycles. The van der Waals surface area contributed by atoms with Gasteiger partial charge in [-0.05, 0) is 49.0 Å². The van der Waals surface area contributed by atoms with E-state index in [0.29, 0.717) is 25.0 Å². The van der Waals surface area contributed by atoms with Crippen molar-refractivity contribution in [3.63, 3.8) is 0 Å². The first-order chi connectivity index (χ1) is 33.6. The Morgan fingerprint density at radius 2 is 0.449 bits per heavy atom. The summed E-state index contributed by atoms with van der Waals surface area (Å²) in [6.45, 7) is 8.86. The third kappa shape index (κ3) is 66.2. The van der Waals surface area contributed by atoms with Gasteiger partial charge in [-0.25, -0.2) is 0 Å². The molecule has 0 aromatic carbocycles. The molecule has 0 saturated carbocycles. The zero-order valence-corrected chi connectivity index (χ0v) is 48.7. The summed E-state index contributed by atoms with van der Waals surface area (Å²) in [7, 11) is 0. The van der Waals surface area contributed by atoms with Crippen molar-refractivity contribution in [1.82, 2.24) is 0 Å². The quantitative estimate of drug-likeness (QED) is 0.0330. The Balaban J connectivity index is -0.00000112. The Morgan fingerprint density at radius 1 is 0.275 bits per heavy atom. The van der Waals surface area contributed by atoms with Gasteiger partial charge in [0, 0.05) is 0 Å². The average Bonchev–Trinajstić information content (AvgIpc) is 3.32. The maximum absolute atomic E-state index is 10.5. The molecule has 0 atom stereocenters. The number of hydrogen-bond donors (Lipinski definition) is 0. The summed E-state index contributed by atoms with van der Waals surface area (Å²) in [5.74, 6) is -5.80. The second kappa shape index (κ2) is 62.3. The average molecular weight is 1080 g/mol. The summed E-state index contributed by atoms with van der Waals surface area (Å²) in [5.41, 5.74) is -0.369. The molecule has 0 N–H and O–H groups in total. The number of rotatable bonds is 52. The summed E-state index contributed by atoms with van der Waals surface area (Å²) in [6, 6.07) is 0. The van der Waals surface area contributed by atoms with E-state index in [1.807, 2.05) is 0 Å². The molecule has 6 radical (unpaired) electrons. The van der Waals surface area contributed by atoms with E-state index in [1.165, 1.54) is 205 Å². The Bertz CT molecular complexity index is 1080. The van der Waals surface area contributed by atoms with Gasteiger partial charge in [0.25, 0.3) is 0 Å². The normalized spacial score (nSPS) is 11.5. The van der Waals surface area contributed by atoms with Gasteiger partial charge in [-0.3, -0.25) is 0 Å². The number of hydrogen-bond acceptors (Lipinski definition) is 8. The summed E-state index contributed by atoms with van der Waals surface area (Å²) in [4.78, 5) is 41.5. The van der Waals surface area contributed by atoms with Gasteiger partial charge in [-0.15, -0.1) is 0 Å². The van der Waals surface area contributed by atoms with Gasteiger partial charge in [0.05, 0.1) is 23.9 Å². The van der Waals surface area contributed by atoms with Gasteiger partial charge < -0.3 is 39.6 Å². The van der Waals surface area contributed by atoms with Crippen LogP contribution in [-0.2, 0) is 19.2 Å². The fourth-order valence-electron chi connectivity index (χ4n) is 8.66. The number of carboxylic acid groups (broad SMARTS) is 4. The van der Waals surface area contributed by atoms with Crippen molar-refractivity contribution < 1.29 is 39.6 Å². The molecular weight excluding hydrogens is 967 g/mol. The molecule has 402 valence electrons. The summed E-state index contributed by atoms with van der Waals surface area (Å²) in [5, 5.41) is 41.5. The predicted molar refractivity (Wildman–Crippen MR) is 287 cm³/mol. The van der Waals surface area contributed by atoms with Gasteiger partial charge >= 0.3 is 171 Å². The molecule has 0 amide bonds. The van der Waals surface area contributed by atoms with Crippen LogP contribution in [0.15, 0.2) is 23.3 Å². The molecular formula is C60H110O8Sn. The predicted octanol–water partition coefficient (Wildman–Crippen LogP) is 14.4. The standard InChI is InChI=1S/2C18H37.2C12H20O4.Sn/c2*1-3-5-7-9-11-13-15-17-18-16-14-12-10-8-6-4-2;2*1-2-3-4-5-6-7-8-10(12(15)16)9-11(13)14;/h2*1,3-18H2,2H3;2*9H,2-8H2,1H3,(H,13,14)(H,15,16);/q;;;;+4/p-4/b;;2*10-9-;. The van der Waals surface area contributed by atoms with Crippen molar-refractivity contribution in [2.24, 2.45) is 0 Å². The van der Waals surface area contributed by atoms with Crippen LogP contribution < -0.4 is 20.4 Å². The molecule has 0 bridgehead atoms. The SMILES string of the molecule is CCCCCCCC/C(=C/C(=O)[O-])C(=O)[O-].CCCCCCCC/C(=C/C(=O)[O-])C(=O)[O-].CCCCCCCCCCCCCCCCC[CH2][Sn+4][CH2]CCCCCCCCCCCCCCCCC. The Morgan fingerprint density at radius 3 is 0.623 bits per heavy atom. The van der Waals surface area contributed by atoms with Crippen LogP contribution in [0.3, 0.4) is 0 Å². The third-order valence-corrected chi connectivity index (χ3v) is 17.2. The van der Waals surface area contributed by atoms with E-state index in [1.54, 1.807) is 21.7 Å². The maximum atomic E-state index is 10.5. The summed E-state index contributed by atoms with van der Waals surface area (Å²) in [6.07, 6.45) is 61.8. The molecule has 0 fully saturated rings. The van der Waals surface area contributed by atoms with Gasteiger partial charge in [-0.1, -0.05) is 156 Å². The topological polar surface area (TPSA) is 161 Å². The van der Waals surface area contributed by atoms with E-state index < -0.39 is 23.9 Å². The van der Waals surface area contributed by atoms with Gasteiger partial charge in [0.15, 0.2) is 0 Å². The number of unbranched alkanes of at least 4 members (excludes halogenated alkanes) is 40. The summed E-state index contributed by atoms with van der Waals surface area (Å²) >= 11 is 0.00985. The van der Waals surface area contributed by atoms with Crippen LogP contribution in [0.1, 0.15) is 323 Å². The molecule has 9 heteroatoms. The minimum absolute atomic E-state index is 0.00985. The minimum Gasteiger partial charge on any atom is -0.0654 e. The molecule has 69 heavy (non-hydrogen) atoms. The van der Waals surface area contributed by atoms with E-state index in [-0.39, 0.29) is 45.1 Å². The van der Waals surface area contributed by atoms with Crippen molar-refractivity contribution >= 4 is 45.0 Å². The Hall–Kier alpha value is -1.84. The fraction of sp³-hybridized carbons (Fsp3) is 0.867. The van der Waals surface area contributed by atoms with Crippen molar-refractivity contribution in [2.75, 3.05) is 0 Å². The van der Waals surface area contributed by atoms with Crippen LogP contribution in [-0.4, -0.2) is 45.0 Å². The second-order valence-corrected chi connectivity index (χ2v) is 24.2. The van der Waals surface area contributed by atoms with Crippen molar-refractivity contribution in [1.29, 1.82) is 0 Å². The number of aliphatic carboxylic acids is 4. The monoisotopic (exact) mass is 1080 g/mol. The number of carbonyl (C=O) groups excluding carboxylic acids is 4. The molecule has 0 rings (SSSR count). The van der Waals surface area contributed by atoms with Crippen molar-refractivity contribution in [3.8, 4) is 0 Å². The van der Waals surface area contributed by atoms with E-state index >= 15 is 0 Å². The van der Waals surface area contributed by atoms with E-state index in [4.69, 9.17) is 0 Å². The molecule has 0 saturated heterocycles. The Kier molecular flexibility index (Phi) is 64.5. The van der Waals surface area contributed by atoms with Gasteiger partial charge in [0.2, 0.25) is 0 Å². The number of carboxylic acids is 4. The van der Waals surface area contributed by atoms with E-state index in [9.17, 15) is 39.6 Å². The van der Waals surface area contributed by atoms with Gasteiger partial charge in [0.1, 0.15) is 0 Å². The van der Waals surface area contributed by atoms with E-state index in [2.05, 4.69) is 27.7 Å². The third-order valence-electron chi connectivity index (χ3n) is 13.1. The van der Waals surface area contributed by atoms with Crippen LogP contribution in [0.5, 0.6) is 0 Å². The molecule has 8 nitrogen and oxygen atoms in total.